The molecular weight excluding hydrogens is 166 g/mol. The smallest absolute Gasteiger partial charge is 0.0701 e. The van der Waals surface area contributed by atoms with Gasteiger partial charge >= 0.3 is 0 Å². The highest BCUT2D eigenvalue weighted by Gasteiger charge is 2.06. The second-order valence-electron chi connectivity index (χ2n) is 3.60. The Labute approximate surface area is 81.6 Å². The highest BCUT2D eigenvalue weighted by atomic mass is 16.5. The van der Waals surface area contributed by atoms with E-state index in [1.54, 1.807) is 0 Å². The maximum atomic E-state index is 5.79. The molecule has 0 aliphatic rings. The fourth-order valence-corrected chi connectivity index (χ4v) is 0.776. The zero-order valence-electron chi connectivity index (χ0n) is 9.08. The molecule has 0 saturated heterocycles. The second kappa shape index (κ2) is 8.48. The van der Waals surface area contributed by atoms with Gasteiger partial charge in [0.15, 0.2) is 0 Å². The van der Waals surface area contributed by atoms with Crippen LogP contribution in [-0.2, 0) is 9.47 Å². The topological polar surface area (TPSA) is 44.5 Å². The van der Waals surface area contributed by atoms with Crippen LogP contribution in [0.4, 0.5) is 0 Å². The van der Waals surface area contributed by atoms with Gasteiger partial charge in [0.05, 0.1) is 19.8 Å². The van der Waals surface area contributed by atoms with E-state index in [1.807, 2.05) is 0 Å². The summed E-state index contributed by atoms with van der Waals surface area (Å²) in [6, 6.07) is 0.145. The normalized spacial score (nSPS) is 13.6. The first-order valence-corrected chi connectivity index (χ1v) is 5.09. The molecule has 0 aliphatic carbocycles. The van der Waals surface area contributed by atoms with E-state index in [-0.39, 0.29) is 6.04 Å². The van der Waals surface area contributed by atoms with Gasteiger partial charge in [-0.3, -0.25) is 0 Å². The molecule has 0 rings (SSSR count). The van der Waals surface area contributed by atoms with Gasteiger partial charge in [0.2, 0.25) is 0 Å². The summed E-state index contributed by atoms with van der Waals surface area (Å²) in [6.07, 6.45) is 1.06. The molecule has 0 heterocycles. The maximum absolute atomic E-state index is 5.79. The Morgan fingerprint density at radius 2 is 1.69 bits per heavy atom. The second-order valence-corrected chi connectivity index (χ2v) is 3.60. The molecule has 0 aromatic rings. The molecule has 1 unspecified atom stereocenters. The van der Waals surface area contributed by atoms with Gasteiger partial charge < -0.3 is 15.2 Å². The minimum atomic E-state index is 0.145. The SMILES string of the molecule is CCCOCCOCC(N)C(C)C. The van der Waals surface area contributed by atoms with E-state index in [9.17, 15) is 0 Å². The molecule has 1 atom stereocenters. The molecule has 0 amide bonds. The van der Waals surface area contributed by atoms with E-state index in [0.29, 0.717) is 25.7 Å². The van der Waals surface area contributed by atoms with E-state index in [2.05, 4.69) is 20.8 Å². The van der Waals surface area contributed by atoms with Crippen molar-refractivity contribution in [2.75, 3.05) is 26.4 Å². The van der Waals surface area contributed by atoms with Crippen LogP contribution < -0.4 is 5.73 Å². The Morgan fingerprint density at radius 1 is 1.08 bits per heavy atom. The molecule has 0 aromatic carbocycles. The van der Waals surface area contributed by atoms with Crippen molar-refractivity contribution in [2.24, 2.45) is 11.7 Å². The Morgan fingerprint density at radius 3 is 2.23 bits per heavy atom. The van der Waals surface area contributed by atoms with Gasteiger partial charge in [-0.05, 0) is 12.3 Å². The fourth-order valence-electron chi connectivity index (χ4n) is 0.776. The monoisotopic (exact) mass is 189 g/mol. The average molecular weight is 189 g/mol. The van der Waals surface area contributed by atoms with Gasteiger partial charge in [0.1, 0.15) is 0 Å². The first-order valence-electron chi connectivity index (χ1n) is 5.09. The van der Waals surface area contributed by atoms with Crippen LogP contribution in [0.5, 0.6) is 0 Å². The van der Waals surface area contributed by atoms with Gasteiger partial charge in [-0.25, -0.2) is 0 Å². The highest BCUT2D eigenvalue weighted by molar-refractivity contribution is 4.63. The van der Waals surface area contributed by atoms with E-state index in [4.69, 9.17) is 15.2 Å². The standard InChI is InChI=1S/C10H23NO2/c1-4-5-12-6-7-13-8-10(11)9(2)3/h9-10H,4-8,11H2,1-3H3. The molecule has 80 valence electrons. The molecule has 0 fully saturated rings. The van der Waals surface area contributed by atoms with Gasteiger partial charge in [-0.15, -0.1) is 0 Å². The summed E-state index contributed by atoms with van der Waals surface area (Å²) >= 11 is 0. The molecular formula is C10H23NO2. The van der Waals surface area contributed by atoms with E-state index in [1.165, 1.54) is 0 Å². The zero-order valence-corrected chi connectivity index (χ0v) is 9.08. The summed E-state index contributed by atoms with van der Waals surface area (Å²) in [6.45, 7) is 9.07. The summed E-state index contributed by atoms with van der Waals surface area (Å²) in [4.78, 5) is 0. The van der Waals surface area contributed by atoms with Crippen LogP contribution in [0, 0.1) is 5.92 Å². The third-order valence-corrected chi connectivity index (χ3v) is 1.89. The van der Waals surface area contributed by atoms with Gasteiger partial charge in [0, 0.05) is 12.6 Å². The van der Waals surface area contributed by atoms with Crippen LogP contribution in [0.3, 0.4) is 0 Å². The maximum Gasteiger partial charge on any atom is 0.0701 e. The van der Waals surface area contributed by atoms with Gasteiger partial charge in [0.25, 0.3) is 0 Å². The Balaban J connectivity index is 3.07. The van der Waals surface area contributed by atoms with Crippen LogP contribution in [0.1, 0.15) is 27.2 Å². The molecule has 0 bridgehead atoms. The number of ether oxygens (including phenoxy) is 2. The van der Waals surface area contributed by atoms with Crippen molar-refractivity contribution in [3.05, 3.63) is 0 Å². The summed E-state index contributed by atoms with van der Waals surface area (Å²) in [5, 5.41) is 0. The average Bonchev–Trinajstić information content (AvgIpc) is 2.10. The van der Waals surface area contributed by atoms with Crippen molar-refractivity contribution >= 4 is 0 Å². The number of nitrogens with two attached hydrogens (primary N) is 1. The Kier molecular flexibility index (Phi) is 8.40. The number of hydrogen-bond donors (Lipinski definition) is 1. The van der Waals surface area contributed by atoms with Crippen LogP contribution in [0.2, 0.25) is 0 Å². The van der Waals surface area contributed by atoms with Crippen molar-refractivity contribution in [3.8, 4) is 0 Å². The van der Waals surface area contributed by atoms with Crippen molar-refractivity contribution in [2.45, 2.75) is 33.2 Å². The largest absolute Gasteiger partial charge is 0.379 e. The predicted molar refractivity (Wildman–Crippen MR) is 54.7 cm³/mol. The van der Waals surface area contributed by atoms with Crippen LogP contribution in [0.15, 0.2) is 0 Å². The quantitative estimate of drug-likeness (QED) is 0.587. The predicted octanol–water partition coefficient (Wildman–Crippen LogP) is 1.41. The molecule has 3 nitrogen and oxygen atoms in total. The van der Waals surface area contributed by atoms with Crippen molar-refractivity contribution < 1.29 is 9.47 Å². The molecule has 0 saturated carbocycles. The summed E-state index contributed by atoms with van der Waals surface area (Å²) in [7, 11) is 0. The third kappa shape index (κ3) is 8.22. The molecule has 0 aromatic heterocycles. The summed E-state index contributed by atoms with van der Waals surface area (Å²) in [5.74, 6) is 0.483. The Bertz CT molecular complexity index is 107. The number of hydrogen-bond acceptors (Lipinski definition) is 3. The van der Waals surface area contributed by atoms with E-state index in [0.717, 1.165) is 13.0 Å². The Hall–Kier alpha value is -0.120. The van der Waals surface area contributed by atoms with E-state index >= 15 is 0 Å². The molecule has 0 spiro atoms. The first-order chi connectivity index (χ1) is 6.18. The molecule has 3 heteroatoms. The summed E-state index contributed by atoms with van der Waals surface area (Å²) in [5.41, 5.74) is 5.79. The van der Waals surface area contributed by atoms with Crippen molar-refractivity contribution in [3.63, 3.8) is 0 Å². The molecule has 0 radical (unpaired) electrons. The molecule has 2 N–H and O–H groups in total. The lowest BCUT2D eigenvalue weighted by atomic mass is 10.1. The lowest BCUT2D eigenvalue weighted by Gasteiger charge is -2.15. The lowest BCUT2D eigenvalue weighted by Crippen LogP contribution is -2.32. The van der Waals surface area contributed by atoms with Crippen LogP contribution in [0.25, 0.3) is 0 Å². The number of rotatable bonds is 8. The van der Waals surface area contributed by atoms with Crippen LogP contribution in [-0.4, -0.2) is 32.5 Å². The van der Waals surface area contributed by atoms with Crippen LogP contribution >= 0.6 is 0 Å². The molecule has 0 aliphatic heterocycles. The zero-order chi connectivity index (χ0) is 10.1. The highest BCUT2D eigenvalue weighted by Crippen LogP contribution is 1.98. The minimum absolute atomic E-state index is 0.145. The fraction of sp³-hybridized carbons (Fsp3) is 1.00. The van der Waals surface area contributed by atoms with Crippen molar-refractivity contribution in [1.29, 1.82) is 0 Å². The van der Waals surface area contributed by atoms with Gasteiger partial charge in [-0.1, -0.05) is 20.8 Å². The summed E-state index contributed by atoms with van der Waals surface area (Å²) < 4.78 is 10.6. The van der Waals surface area contributed by atoms with Crippen molar-refractivity contribution in [1.82, 2.24) is 0 Å². The lowest BCUT2D eigenvalue weighted by molar-refractivity contribution is 0.0389. The van der Waals surface area contributed by atoms with E-state index < -0.39 is 0 Å². The first kappa shape index (κ1) is 12.9. The minimum Gasteiger partial charge on any atom is -0.379 e. The third-order valence-electron chi connectivity index (χ3n) is 1.89. The van der Waals surface area contributed by atoms with Gasteiger partial charge in [-0.2, -0.15) is 0 Å². The molecule has 13 heavy (non-hydrogen) atoms.